The first kappa shape index (κ1) is 6.39. The minimum absolute atomic E-state index is 0.440. The summed E-state index contributed by atoms with van der Waals surface area (Å²) in [4.78, 5) is 2.30. The van der Waals surface area contributed by atoms with Gasteiger partial charge in [0.1, 0.15) is 0 Å². The zero-order valence-corrected chi connectivity index (χ0v) is 5.77. The van der Waals surface area contributed by atoms with Gasteiger partial charge in [-0.1, -0.05) is 0 Å². The largest absolute Gasteiger partial charge is 0.325 e. The van der Waals surface area contributed by atoms with Gasteiger partial charge >= 0.3 is 0 Å². The standard InChI is InChI=1S/C5H12N2S/c6-5-3-7(4-5)1-2-8/h5,8H,1-4,6H2. The van der Waals surface area contributed by atoms with E-state index in [0.29, 0.717) is 6.04 Å². The van der Waals surface area contributed by atoms with Crippen LogP contribution in [0.3, 0.4) is 0 Å². The summed E-state index contributed by atoms with van der Waals surface area (Å²) in [7, 11) is 0. The Morgan fingerprint density at radius 3 is 2.62 bits per heavy atom. The summed E-state index contributed by atoms with van der Waals surface area (Å²) >= 11 is 4.09. The molecule has 0 aromatic carbocycles. The van der Waals surface area contributed by atoms with Crippen molar-refractivity contribution in [2.75, 3.05) is 25.4 Å². The van der Waals surface area contributed by atoms with E-state index < -0.39 is 0 Å². The Morgan fingerprint density at radius 2 is 2.25 bits per heavy atom. The predicted molar refractivity (Wildman–Crippen MR) is 38.3 cm³/mol. The zero-order chi connectivity index (χ0) is 5.98. The number of rotatable bonds is 2. The molecule has 0 radical (unpaired) electrons. The van der Waals surface area contributed by atoms with E-state index in [4.69, 9.17) is 5.73 Å². The number of thiol groups is 1. The highest BCUT2D eigenvalue weighted by atomic mass is 32.1. The van der Waals surface area contributed by atoms with Crippen LogP contribution in [0.25, 0.3) is 0 Å². The first-order valence-electron chi connectivity index (χ1n) is 2.91. The molecule has 1 saturated heterocycles. The second kappa shape index (κ2) is 2.71. The van der Waals surface area contributed by atoms with Crippen molar-refractivity contribution in [3.63, 3.8) is 0 Å². The van der Waals surface area contributed by atoms with E-state index in [1.165, 1.54) is 0 Å². The first-order chi connectivity index (χ1) is 3.83. The molecule has 0 spiro atoms. The Morgan fingerprint density at radius 1 is 1.62 bits per heavy atom. The van der Waals surface area contributed by atoms with Gasteiger partial charge in [0.05, 0.1) is 0 Å². The number of hydrogen-bond acceptors (Lipinski definition) is 3. The molecule has 0 saturated carbocycles. The molecule has 0 unspecified atom stereocenters. The average molecular weight is 132 g/mol. The molecule has 0 aromatic rings. The Hall–Kier alpha value is 0.270. The summed E-state index contributed by atoms with van der Waals surface area (Å²) in [6, 6.07) is 0.440. The van der Waals surface area contributed by atoms with E-state index in [1.807, 2.05) is 0 Å². The Kier molecular flexibility index (Phi) is 2.16. The molecule has 48 valence electrons. The molecule has 1 rings (SSSR count). The van der Waals surface area contributed by atoms with Gasteiger partial charge in [0.2, 0.25) is 0 Å². The van der Waals surface area contributed by atoms with Gasteiger partial charge in [-0.25, -0.2) is 0 Å². The molecule has 1 heterocycles. The lowest BCUT2D eigenvalue weighted by Crippen LogP contribution is -2.55. The smallest absolute Gasteiger partial charge is 0.0297 e. The molecule has 0 aromatic heterocycles. The predicted octanol–water partition coefficient (Wildman–Crippen LogP) is -0.441. The van der Waals surface area contributed by atoms with Gasteiger partial charge in [0, 0.05) is 31.4 Å². The summed E-state index contributed by atoms with van der Waals surface area (Å²) in [6.45, 7) is 3.23. The van der Waals surface area contributed by atoms with Gasteiger partial charge in [-0.2, -0.15) is 12.6 Å². The molecule has 0 aliphatic carbocycles. The van der Waals surface area contributed by atoms with E-state index in [0.717, 1.165) is 25.4 Å². The van der Waals surface area contributed by atoms with E-state index in [-0.39, 0.29) is 0 Å². The van der Waals surface area contributed by atoms with E-state index in [2.05, 4.69) is 17.5 Å². The van der Waals surface area contributed by atoms with Crippen LogP contribution >= 0.6 is 12.6 Å². The number of likely N-dealkylation sites (tertiary alicyclic amines) is 1. The minimum Gasteiger partial charge on any atom is -0.325 e. The lowest BCUT2D eigenvalue weighted by atomic mass is 10.1. The topological polar surface area (TPSA) is 29.3 Å². The second-order valence-corrected chi connectivity index (χ2v) is 2.69. The third kappa shape index (κ3) is 1.37. The molecule has 2 nitrogen and oxygen atoms in total. The van der Waals surface area contributed by atoms with Crippen LogP contribution in [-0.2, 0) is 0 Å². The summed E-state index contributed by atoms with van der Waals surface area (Å²) in [5, 5.41) is 0. The van der Waals surface area contributed by atoms with Crippen LogP contribution in [0, 0.1) is 0 Å². The maximum absolute atomic E-state index is 5.53. The van der Waals surface area contributed by atoms with Crippen LogP contribution in [0.4, 0.5) is 0 Å². The number of hydrogen-bond donors (Lipinski definition) is 2. The summed E-state index contributed by atoms with van der Waals surface area (Å²) in [6.07, 6.45) is 0. The van der Waals surface area contributed by atoms with Crippen molar-refractivity contribution in [3.8, 4) is 0 Å². The van der Waals surface area contributed by atoms with Crippen LogP contribution in [0.1, 0.15) is 0 Å². The zero-order valence-electron chi connectivity index (χ0n) is 4.88. The van der Waals surface area contributed by atoms with E-state index in [9.17, 15) is 0 Å². The summed E-state index contributed by atoms with van der Waals surface area (Å²) in [5.74, 6) is 0.951. The Balaban J connectivity index is 1.98. The third-order valence-electron chi connectivity index (χ3n) is 1.40. The lowest BCUT2D eigenvalue weighted by molar-refractivity contribution is 0.162. The molecule has 8 heavy (non-hydrogen) atoms. The molecule has 2 N–H and O–H groups in total. The van der Waals surface area contributed by atoms with E-state index in [1.54, 1.807) is 0 Å². The van der Waals surface area contributed by atoms with Crippen LogP contribution in [0.15, 0.2) is 0 Å². The van der Waals surface area contributed by atoms with E-state index >= 15 is 0 Å². The van der Waals surface area contributed by atoms with Crippen molar-refractivity contribution < 1.29 is 0 Å². The molecular formula is C5H12N2S. The molecule has 0 atom stereocenters. The number of nitrogens with two attached hydrogens (primary N) is 1. The van der Waals surface area contributed by atoms with Crippen LogP contribution in [0.5, 0.6) is 0 Å². The highest BCUT2D eigenvalue weighted by Crippen LogP contribution is 2.03. The molecule has 0 bridgehead atoms. The SMILES string of the molecule is NC1CN(CCS)C1. The van der Waals surface area contributed by atoms with Crippen molar-refractivity contribution in [1.29, 1.82) is 0 Å². The lowest BCUT2D eigenvalue weighted by Gasteiger charge is -2.36. The van der Waals surface area contributed by atoms with Crippen LogP contribution in [0.2, 0.25) is 0 Å². The fourth-order valence-electron chi connectivity index (χ4n) is 0.934. The molecule has 0 amide bonds. The van der Waals surface area contributed by atoms with Crippen LogP contribution in [-0.4, -0.2) is 36.3 Å². The number of nitrogens with zero attached hydrogens (tertiary/aromatic N) is 1. The third-order valence-corrected chi connectivity index (χ3v) is 1.60. The van der Waals surface area contributed by atoms with Gasteiger partial charge in [-0.05, 0) is 0 Å². The van der Waals surface area contributed by atoms with Crippen molar-refractivity contribution in [1.82, 2.24) is 4.90 Å². The molecule has 1 aliphatic heterocycles. The maximum Gasteiger partial charge on any atom is 0.0297 e. The fourth-order valence-corrected chi connectivity index (χ4v) is 1.22. The van der Waals surface area contributed by atoms with Gasteiger partial charge in [-0.15, -0.1) is 0 Å². The summed E-state index contributed by atoms with van der Waals surface area (Å²) in [5.41, 5.74) is 5.53. The molecule has 3 heteroatoms. The molecule has 1 aliphatic rings. The quantitative estimate of drug-likeness (QED) is 0.499. The van der Waals surface area contributed by atoms with Crippen molar-refractivity contribution in [3.05, 3.63) is 0 Å². The normalized spacial score (nSPS) is 23.2. The van der Waals surface area contributed by atoms with Gasteiger partial charge < -0.3 is 5.73 Å². The summed E-state index contributed by atoms with van der Waals surface area (Å²) < 4.78 is 0. The first-order valence-corrected chi connectivity index (χ1v) is 3.55. The van der Waals surface area contributed by atoms with Gasteiger partial charge in [0.15, 0.2) is 0 Å². The van der Waals surface area contributed by atoms with Crippen LogP contribution < -0.4 is 5.73 Å². The van der Waals surface area contributed by atoms with Gasteiger partial charge in [-0.3, -0.25) is 4.90 Å². The molecular weight excluding hydrogens is 120 g/mol. The fraction of sp³-hybridized carbons (Fsp3) is 1.00. The van der Waals surface area contributed by atoms with Gasteiger partial charge in [0.25, 0.3) is 0 Å². The second-order valence-electron chi connectivity index (χ2n) is 2.24. The Labute approximate surface area is 55.4 Å². The monoisotopic (exact) mass is 132 g/mol. The highest BCUT2D eigenvalue weighted by molar-refractivity contribution is 7.80. The average Bonchev–Trinajstić information content (AvgIpc) is 1.64. The Bertz CT molecular complexity index is 68.1. The van der Waals surface area contributed by atoms with Crippen molar-refractivity contribution in [2.24, 2.45) is 5.73 Å². The van der Waals surface area contributed by atoms with Crippen molar-refractivity contribution >= 4 is 12.6 Å². The molecule has 1 fully saturated rings. The maximum atomic E-state index is 5.53. The minimum atomic E-state index is 0.440. The van der Waals surface area contributed by atoms with Crippen molar-refractivity contribution in [2.45, 2.75) is 6.04 Å². The highest BCUT2D eigenvalue weighted by Gasteiger charge is 2.20.